The summed E-state index contributed by atoms with van der Waals surface area (Å²) < 4.78 is 5.36. The van der Waals surface area contributed by atoms with Crippen molar-refractivity contribution >= 4 is 17.3 Å². The normalized spacial score (nSPS) is 11.9. The minimum Gasteiger partial charge on any atom is -0.495 e. The summed E-state index contributed by atoms with van der Waals surface area (Å²) in [5.74, 6) is 0.804. The van der Waals surface area contributed by atoms with Crippen molar-refractivity contribution in [2.75, 3.05) is 12.4 Å². The Kier molecular flexibility index (Phi) is 4.69. The van der Waals surface area contributed by atoms with Gasteiger partial charge in [0.2, 0.25) is 0 Å². The molecule has 0 radical (unpaired) electrons. The molecule has 0 fully saturated rings. The van der Waals surface area contributed by atoms with Crippen LogP contribution in [0.4, 0.5) is 5.69 Å². The van der Waals surface area contributed by atoms with Crippen LogP contribution in [0.15, 0.2) is 48.5 Å². The lowest BCUT2D eigenvalue weighted by Crippen LogP contribution is -2.10. The van der Waals surface area contributed by atoms with E-state index >= 15 is 0 Å². The molecule has 0 aliphatic carbocycles. The molecule has 0 aliphatic heterocycles. The molecule has 0 amide bonds. The molecule has 2 aromatic rings. The molecule has 0 saturated heterocycles. The van der Waals surface area contributed by atoms with Crippen molar-refractivity contribution in [3.8, 4) is 5.75 Å². The molecule has 0 aromatic heterocycles. The first-order chi connectivity index (χ1) is 9.24. The van der Waals surface area contributed by atoms with Gasteiger partial charge in [-0.2, -0.15) is 0 Å². The zero-order chi connectivity index (χ0) is 13.7. The minimum absolute atomic E-state index is 0.244. The maximum Gasteiger partial charge on any atom is 0.142 e. The van der Waals surface area contributed by atoms with Gasteiger partial charge in [0.15, 0.2) is 0 Å². The van der Waals surface area contributed by atoms with Crippen LogP contribution in [0.3, 0.4) is 0 Å². The first-order valence-electron chi connectivity index (χ1n) is 6.39. The summed E-state index contributed by atoms with van der Waals surface area (Å²) in [6.45, 7) is 2.15. The predicted molar refractivity (Wildman–Crippen MR) is 81.1 cm³/mol. The maximum absolute atomic E-state index is 6.05. The highest BCUT2D eigenvalue weighted by Crippen LogP contribution is 2.31. The van der Waals surface area contributed by atoms with E-state index in [9.17, 15) is 0 Å². The van der Waals surface area contributed by atoms with E-state index in [0.717, 1.165) is 17.9 Å². The SMILES string of the molecule is CCC(Nc1cc(Cl)ccc1OC)c1ccccc1. The molecule has 19 heavy (non-hydrogen) atoms. The number of anilines is 1. The third-order valence-electron chi connectivity index (χ3n) is 3.10. The smallest absolute Gasteiger partial charge is 0.142 e. The lowest BCUT2D eigenvalue weighted by Gasteiger charge is -2.20. The zero-order valence-corrected chi connectivity index (χ0v) is 11.9. The number of methoxy groups -OCH3 is 1. The van der Waals surface area contributed by atoms with Crippen LogP contribution in [-0.4, -0.2) is 7.11 Å². The predicted octanol–water partition coefficient (Wildman–Crippen LogP) is 4.91. The Labute approximate surface area is 119 Å². The van der Waals surface area contributed by atoms with Gasteiger partial charge in [-0.15, -0.1) is 0 Å². The largest absolute Gasteiger partial charge is 0.495 e. The van der Waals surface area contributed by atoms with Crippen LogP contribution in [0.1, 0.15) is 24.9 Å². The van der Waals surface area contributed by atoms with Gasteiger partial charge >= 0.3 is 0 Å². The third-order valence-corrected chi connectivity index (χ3v) is 3.34. The highest BCUT2D eigenvalue weighted by atomic mass is 35.5. The van der Waals surface area contributed by atoms with Gasteiger partial charge in [0.1, 0.15) is 5.75 Å². The van der Waals surface area contributed by atoms with Gasteiger partial charge in [0, 0.05) is 5.02 Å². The van der Waals surface area contributed by atoms with E-state index in [1.807, 2.05) is 24.3 Å². The van der Waals surface area contributed by atoms with Gasteiger partial charge in [0.25, 0.3) is 0 Å². The Morgan fingerprint density at radius 1 is 1.16 bits per heavy atom. The number of rotatable bonds is 5. The fourth-order valence-corrected chi connectivity index (χ4v) is 2.26. The van der Waals surface area contributed by atoms with E-state index in [1.54, 1.807) is 7.11 Å². The number of hydrogen-bond acceptors (Lipinski definition) is 2. The Morgan fingerprint density at radius 2 is 1.89 bits per heavy atom. The molecule has 100 valence electrons. The second kappa shape index (κ2) is 6.48. The van der Waals surface area contributed by atoms with E-state index in [-0.39, 0.29) is 6.04 Å². The summed E-state index contributed by atoms with van der Waals surface area (Å²) in [4.78, 5) is 0. The van der Waals surface area contributed by atoms with Crippen molar-refractivity contribution < 1.29 is 4.74 Å². The minimum atomic E-state index is 0.244. The molecule has 2 aromatic carbocycles. The average Bonchev–Trinajstić information content (AvgIpc) is 2.46. The average molecular weight is 276 g/mol. The van der Waals surface area contributed by atoms with Crippen molar-refractivity contribution in [1.82, 2.24) is 0 Å². The van der Waals surface area contributed by atoms with Gasteiger partial charge < -0.3 is 10.1 Å². The van der Waals surface area contributed by atoms with Gasteiger partial charge in [0.05, 0.1) is 18.8 Å². The molecule has 0 saturated carbocycles. The first-order valence-corrected chi connectivity index (χ1v) is 6.77. The third kappa shape index (κ3) is 3.42. The molecule has 1 N–H and O–H groups in total. The Morgan fingerprint density at radius 3 is 2.53 bits per heavy atom. The van der Waals surface area contributed by atoms with Crippen LogP contribution in [0, 0.1) is 0 Å². The molecular formula is C16H18ClNO. The topological polar surface area (TPSA) is 21.3 Å². The van der Waals surface area contributed by atoms with E-state index in [2.05, 4.69) is 36.5 Å². The number of nitrogens with one attached hydrogen (secondary N) is 1. The fraction of sp³-hybridized carbons (Fsp3) is 0.250. The van der Waals surface area contributed by atoms with Crippen LogP contribution in [0.5, 0.6) is 5.75 Å². The maximum atomic E-state index is 6.05. The molecule has 1 unspecified atom stereocenters. The monoisotopic (exact) mass is 275 g/mol. The highest BCUT2D eigenvalue weighted by molar-refractivity contribution is 6.30. The van der Waals surface area contributed by atoms with Gasteiger partial charge in [-0.1, -0.05) is 48.9 Å². The summed E-state index contributed by atoms with van der Waals surface area (Å²) in [6.07, 6.45) is 0.986. The van der Waals surface area contributed by atoms with Crippen molar-refractivity contribution in [2.45, 2.75) is 19.4 Å². The van der Waals surface area contributed by atoms with Crippen molar-refractivity contribution in [3.05, 3.63) is 59.1 Å². The molecule has 1 atom stereocenters. The van der Waals surface area contributed by atoms with Crippen molar-refractivity contribution in [2.24, 2.45) is 0 Å². The molecule has 2 nitrogen and oxygen atoms in total. The van der Waals surface area contributed by atoms with Gasteiger partial charge in [-0.3, -0.25) is 0 Å². The van der Waals surface area contributed by atoms with Crippen LogP contribution in [0.25, 0.3) is 0 Å². The summed E-state index contributed by atoms with van der Waals surface area (Å²) in [5.41, 5.74) is 2.18. The molecule has 2 rings (SSSR count). The van der Waals surface area contributed by atoms with E-state index in [4.69, 9.17) is 16.3 Å². The fourth-order valence-electron chi connectivity index (χ4n) is 2.09. The molecule has 0 bridgehead atoms. The van der Waals surface area contributed by atoms with Gasteiger partial charge in [-0.25, -0.2) is 0 Å². The first kappa shape index (κ1) is 13.8. The summed E-state index contributed by atoms with van der Waals surface area (Å²) in [7, 11) is 1.66. The molecule has 3 heteroatoms. The van der Waals surface area contributed by atoms with Crippen molar-refractivity contribution in [3.63, 3.8) is 0 Å². The summed E-state index contributed by atoms with van der Waals surface area (Å²) >= 11 is 6.05. The molecule has 0 aliphatic rings. The zero-order valence-electron chi connectivity index (χ0n) is 11.2. The molecule has 0 heterocycles. The van der Waals surface area contributed by atoms with Crippen molar-refractivity contribution in [1.29, 1.82) is 0 Å². The quantitative estimate of drug-likeness (QED) is 0.837. The Hall–Kier alpha value is -1.67. The number of benzene rings is 2. The lowest BCUT2D eigenvalue weighted by atomic mass is 10.0. The van der Waals surface area contributed by atoms with E-state index in [0.29, 0.717) is 5.02 Å². The van der Waals surface area contributed by atoms with Crippen LogP contribution < -0.4 is 10.1 Å². The lowest BCUT2D eigenvalue weighted by molar-refractivity contribution is 0.416. The second-order valence-electron chi connectivity index (χ2n) is 4.36. The molecule has 0 spiro atoms. The molecular weight excluding hydrogens is 258 g/mol. The second-order valence-corrected chi connectivity index (χ2v) is 4.80. The highest BCUT2D eigenvalue weighted by Gasteiger charge is 2.11. The number of hydrogen-bond donors (Lipinski definition) is 1. The van der Waals surface area contributed by atoms with Crippen LogP contribution in [-0.2, 0) is 0 Å². The summed E-state index contributed by atoms with van der Waals surface area (Å²) in [5, 5.41) is 4.20. The Balaban J connectivity index is 2.26. The Bertz CT molecular complexity index is 528. The van der Waals surface area contributed by atoms with E-state index < -0.39 is 0 Å². The number of ether oxygens (including phenoxy) is 1. The van der Waals surface area contributed by atoms with Crippen LogP contribution >= 0.6 is 11.6 Å². The van der Waals surface area contributed by atoms with Gasteiger partial charge in [-0.05, 0) is 30.2 Å². The van der Waals surface area contributed by atoms with Crippen LogP contribution in [0.2, 0.25) is 5.02 Å². The van der Waals surface area contributed by atoms with E-state index in [1.165, 1.54) is 5.56 Å². The summed E-state index contributed by atoms with van der Waals surface area (Å²) in [6, 6.07) is 16.2. The number of halogens is 1. The standard InChI is InChI=1S/C16H18ClNO/c1-3-14(12-7-5-4-6-8-12)18-15-11-13(17)9-10-16(15)19-2/h4-11,14,18H,3H2,1-2H3.